The Hall–Kier alpha value is -3.91. The number of ether oxygens (including phenoxy) is 1. The van der Waals surface area contributed by atoms with Gasteiger partial charge in [-0.3, -0.25) is 4.79 Å². The van der Waals surface area contributed by atoms with Crippen molar-refractivity contribution in [1.82, 2.24) is 9.78 Å². The minimum absolute atomic E-state index is 0.156. The van der Waals surface area contributed by atoms with Crippen LogP contribution < -0.4 is 10.1 Å². The van der Waals surface area contributed by atoms with Gasteiger partial charge in [-0.25, -0.2) is 13.1 Å². The molecule has 0 fully saturated rings. The second-order valence-electron chi connectivity index (χ2n) is 7.54. The molecule has 0 atom stereocenters. The molecule has 0 aliphatic carbocycles. The maximum atomic E-state index is 12.7. The molecule has 0 saturated heterocycles. The second-order valence-corrected chi connectivity index (χ2v) is 9.49. The molecule has 4 aromatic rings. The van der Waals surface area contributed by atoms with Gasteiger partial charge in [0.1, 0.15) is 11.6 Å². The molecule has 0 bridgehead atoms. The molecule has 0 unspecified atom stereocenters. The molecule has 1 aromatic heterocycles. The molecule has 4 rings (SSSR count). The molecule has 0 spiro atoms. The van der Waals surface area contributed by atoms with Crippen LogP contribution in [-0.4, -0.2) is 30.7 Å². The maximum absolute atomic E-state index is 12.7. The van der Waals surface area contributed by atoms with E-state index in [0.717, 1.165) is 16.9 Å². The van der Waals surface area contributed by atoms with Gasteiger partial charge in [-0.1, -0.05) is 35.9 Å². The Bertz CT molecular complexity index is 1360. The van der Waals surface area contributed by atoms with Crippen molar-refractivity contribution in [2.24, 2.45) is 0 Å². The summed E-state index contributed by atoms with van der Waals surface area (Å²) >= 11 is 0. The van der Waals surface area contributed by atoms with Crippen molar-refractivity contribution in [3.05, 3.63) is 96.2 Å². The molecule has 1 amide bonds. The lowest BCUT2D eigenvalue weighted by atomic mass is 10.2. The Balaban J connectivity index is 1.41. The number of amides is 1. The van der Waals surface area contributed by atoms with Crippen molar-refractivity contribution in [2.75, 3.05) is 11.9 Å². The SMILES string of the molecule is Cc1ccc(-n2nc(C)cc2NC(=O)COc2ccc(S(=O)(=O)c3ccccc3)cc2)cc1. The molecule has 168 valence electrons. The fourth-order valence-electron chi connectivity index (χ4n) is 3.25. The fraction of sp³-hybridized carbons (Fsp3) is 0.120. The monoisotopic (exact) mass is 461 g/mol. The van der Waals surface area contributed by atoms with Crippen molar-refractivity contribution in [2.45, 2.75) is 23.6 Å². The van der Waals surface area contributed by atoms with E-state index in [4.69, 9.17) is 4.74 Å². The van der Waals surface area contributed by atoms with Gasteiger partial charge in [-0.05, 0) is 62.4 Å². The first-order valence-electron chi connectivity index (χ1n) is 10.3. The quantitative estimate of drug-likeness (QED) is 0.442. The van der Waals surface area contributed by atoms with Crippen LogP contribution in [0.3, 0.4) is 0 Å². The largest absolute Gasteiger partial charge is 0.484 e. The molecule has 0 aliphatic heterocycles. The summed E-state index contributed by atoms with van der Waals surface area (Å²) in [7, 11) is -3.60. The summed E-state index contributed by atoms with van der Waals surface area (Å²) in [6.45, 7) is 3.62. The first-order valence-corrected chi connectivity index (χ1v) is 11.8. The number of rotatable bonds is 7. The van der Waals surface area contributed by atoms with Crippen molar-refractivity contribution >= 4 is 21.6 Å². The summed E-state index contributed by atoms with van der Waals surface area (Å²) in [5.41, 5.74) is 2.73. The Morgan fingerprint density at radius 1 is 0.909 bits per heavy atom. The number of carbonyl (C=O) groups excluding carboxylic acids is 1. The molecule has 0 radical (unpaired) electrons. The van der Waals surface area contributed by atoms with E-state index in [1.807, 2.05) is 38.1 Å². The summed E-state index contributed by atoms with van der Waals surface area (Å²) in [5, 5.41) is 7.26. The molecule has 7 nitrogen and oxygen atoms in total. The van der Waals surface area contributed by atoms with Gasteiger partial charge in [0, 0.05) is 6.07 Å². The number of nitrogens with zero attached hydrogens (tertiary/aromatic N) is 2. The van der Waals surface area contributed by atoms with E-state index in [1.165, 1.54) is 24.3 Å². The van der Waals surface area contributed by atoms with Gasteiger partial charge in [-0.15, -0.1) is 0 Å². The van der Waals surface area contributed by atoms with Gasteiger partial charge in [0.25, 0.3) is 5.91 Å². The highest BCUT2D eigenvalue weighted by Crippen LogP contribution is 2.23. The van der Waals surface area contributed by atoms with Crippen LogP contribution in [0.1, 0.15) is 11.3 Å². The topological polar surface area (TPSA) is 90.3 Å². The van der Waals surface area contributed by atoms with E-state index in [0.29, 0.717) is 11.6 Å². The van der Waals surface area contributed by atoms with Gasteiger partial charge in [0.05, 0.1) is 21.2 Å². The Morgan fingerprint density at radius 2 is 1.55 bits per heavy atom. The highest BCUT2D eigenvalue weighted by atomic mass is 32.2. The summed E-state index contributed by atoms with van der Waals surface area (Å²) in [4.78, 5) is 12.8. The average Bonchev–Trinajstić information content (AvgIpc) is 3.18. The molecule has 3 aromatic carbocycles. The summed E-state index contributed by atoms with van der Waals surface area (Å²) in [6, 6.07) is 23.8. The van der Waals surface area contributed by atoms with Crippen molar-refractivity contribution in [3.63, 3.8) is 0 Å². The van der Waals surface area contributed by atoms with E-state index in [-0.39, 0.29) is 22.3 Å². The van der Waals surface area contributed by atoms with Gasteiger partial charge in [0.2, 0.25) is 9.84 Å². The number of benzene rings is 3. The third-order valence-corrected chi connectivity index (χ3v) is 6.72. The van der Waals surface area contributed by atoms with Crippen LogP contribution in [0, 0.1) is 13.8 Å². The predicted molar refractivity (Wildman–Crippen MR) is 125 cm³/mol. The molecule has 1 N–H and O–H groups in total. The molecule has 8 heteroatoms. The van der Waals surface area contributed by atoms with Gasteiger partial charge in [0.15, 0.2) is 6.61 Å². The lowest BCUT2D eigenvalue weighted by Crippen LogP contribution is -2.21. The molecule has 0 saturated carbocycles. The Morgan fingerprint density at radius 3 is 2.21 bits per heavy atom. The zero-order chi connectivity index (χ0) is 23.4. The first kappa shape index (κ1) is 22.3. The summed E-state index contributed by atoms with van der Waals surface area (Å²) < 4.78 is 32.5. The normalized spacial score (nSPS) is 11.2. The highest BCUT2D eigenvalue weighted by Gasteiger charge is 2.17. The number of hydrogen-bond donors (Lipinski definition) is 1. The van der Waals surface area contributed by atoms with Crippen molar-refractivity contribution in [3.8, 4) is 11.4 Å². The van der Waals surface area contributed by atoms with E-state index in [1.54, 1.807) is 41.1 Å². The number of hydrogen-bond acceptors (Lipinski definition) is 5. The smallest absolute Gasteiger partial charge is 0.263 e. The van der Waals surface area contributed by atoms with Crippen LogP contribution in [0.2, 0.25) is 0 Å². The van der Waals surface area contributed by atoms with Crippen LogP contribution in [0.25, 0.3) is 5.69 Å². The van der Waals surface area contributed by atoms with Crippen LogP contribution in [-0.2, 0) is 14.6 Å². The van der Waals surface area contributed by atoms with Gasteiger partial charge >= 0.3 is 0 Å². The average molecular weight is 462 g/mol. The number of aryl methyl sites for hydroxylation is 2. The first-order chi connectivity index (χ1) is 15.8. The molecular formula is C25H23N3O4S. The maximum Gasteiger partial charge on any atom is 0.263 e. The van der Waals surface area contributed by atoms with Crippen LogP contribution in [0.4, 0.5) is 5.82 Å². The van der Waals surface area contributed by atoms with E-state index in [9.17, 15) is 13.2 Å². The standard InChI is InChI=1S/C25H23N3O4S/c1-18-8-10-20(11-9-18)28-24(16-19(2)27-28)26-25(29)17-32-21-12-14-23(15-13-21)33(30,31)22-6-4-3-5-7-22/h3-16H,17H2,1-2H3,(H,26,29). The number of nitrogens with one attached hydrogen (secondary N) is 1. The van der Waals surface area contributed by atoms with E-state index in [2.05, 4.69) is 10.4 Å². The number of sulfone groups is 1. The van der Waals surface area contributed by atoms with Crippen molar-refractivity contribution < 1.29 is 17.9 Å². The minimum Gasteiger partial charge on any atom is -0.484 e. The van der Waals surface area contributed by atoms with Crippen LogP contribution in [0.5, 0.6) is 5.75 Å². The van der Waals surface area contributed by atoms with Crippen LogP contribution >= 0.6 is 0 Å². The van der Waals surface area contributed by atoms with E-state index < -0.39 is 9.84 Å². The number of aromatic nitrogens is 2. The van der Waals surface area contributed by atoms with Gasteiger partial charge < -0.3 is 10.1 Å². The minimum atomic E-state index is -3.60. The molecule has 33 heavy (non-hydrogen) atoms. The zero-order valence-electron chi connectivity index (χ0n) is 18.2. The summed E-state index contributed by atoms with van der Waals surface area (Å²) in [5.74, 6) is 0.568. The van der Waals surface area contributed by atoms with Gasteiger partial charge in [-0.2, -0.15) is 5.10 Å². The summed E-state index contributed by atoms with van der Waals surface area (Å²) in [6.07, 6.45) is 0. The second kappa shape index (κ2) is 9.30. The zero-order valence-corrected chi connectivity index (χ0v) is 19.0. The third-order valence-electron chi connectivity index (χ3n) is 4.94. The number of anilines is 1. The van der Waals surface area contributed by atoms with Crippen molar-refractivity contribution in [1.29, 1.82) is 0 Å². The lowest BCUT2D eigenvalue weighted by molar-refractivity contribution is -0.118. The molecule has 0 aliphatic rings. The highest BCUT2D eigenvalue weighted by molar-refractivity contribution is 7.91. The Kier molecular flexibility index (Phi) is 6.28. The third kappa shape index (κ3) is 5.12. The Labute approximate surface area is 192 Å². The number of carbonyl (C=O) groups is 1. The van der Waals surface area contributed by atoms with Crippen LogP contribution in [0.15, 0.2) is 94.7 Å². The fourth-order valence-corrected chi connectivity index (χ4v) is 4.53. The predicted octanol–water partition coefficient (Wildman–Crippen LogP) is 4.34. The molecule has 1 heterocycles. The molecular weight excluding hydrogens is 438 g/mol. The lowest BCUT2D eigenvalue weighted by Gasteiger charge is -2.11. The van der Waals surface area contributed by atoms with E-state index >= 15 is 0 Å².